The van der Waals surface area contributed by atoms with Crippen molar-refractivity contribution in [1.29, 1.82) is 0 Å². The summed E-state index contributed by atoms with van der Waals surface area (Å²) < 4.78 is 0. The number of benzene rings is 1. The van der Waals surface area contributed by atoms with E-state index >= 15 is 0 Å². The van der Waals surface area contributed by atoms with Crippen molar-refractivity contribution in [1.82, 2.24) is 0 Å². The minimum atomic E-state index is 0.602. The average Bonchev–Trinajstić information content (AvgIpc) is 2.33. The zero-order valence-corrected chi connectivity index (χ0v) is 12.0. The van der Waals surface area contributed by atoms with E-state index in [0.717, 1.165) is 5.92 Å². The standard InChI is InChI=1S/C16H27N/c1-6-12(3)11-15(7-2)17-16-10-8-9-13(4)14(16)5/h8-10,12,15,17H,6-7,11H2,1-5H3. The Bertz CT molecular complexity index is 343. The number of rotatable bonds is 6. The van der Waals surface area contributed by atoms with Crippen LogP contribution >= 0.6 is 0 Å². The lowest BCUT2D eigenvalue weighted by molar-refractivity contribution is 0.461. The van der Waals surface area contributed by atoms with Gasteiger partial charge in [-0.1, -0.05) is 39.3 Å². The molecule has 1 N–H and O–H groups in total. The molecule has 0 heterocycles. The zero-order chi connectivity index (χ0) is 12.8. The van der Waals surface area contributed by atoms with Gasteiger partial charge in [-0.05, 0) is 49.8 Å². The van der Waals surface area contributed by atoms with Crippen LogP contribution in [0.2, 0.25) is 0 Å². The molecule has 0 bridgehead atoms. The van der Waals surface area contributed by atoms with Crippen molar-refractivity contribution in [2.75, 3.05) is 5.32 Å². The van der Waals surface area contributed by atoms with Crippen LogP contribution in [-0.2, 0) is 0 Å². The summed E-state index contributed by atoms with van der Waals surface area (Å²) in [5.41, 5.74) is 4.06. The molecule has 0 aliphatic carbocycles. The SMILES string of the molecule is CCC(C)CC(CC)Nc1cccc(C)c1C. The fourth-order valence-corrected chi connectivity index (χ4v) is 2.11. The molecule has 0 aliphatic rings. The van der Waals surface area contributed by atoms with E-state index < -0.39 is 0 Å². The van der Waals surface area contributed by atoms with Crippen LogP contribution in [0.3, 0.4) is 0 Å². The first-order chi connectivity index (χ1) is 8.08. The van der Waals surface area contributed by atoms with Crippen molar-refractivity contribution in [2.24, 2.45) is 5.92 Å². The topological polar surface area (TPSA) is 12.0 Å². The Labute approximate surface area is 107 Å². The van der Waals surface area contributed by atoms with Gasteiger partial charge in [0.1, 0.15) is 0 Å². The van der Waals surface area contributed by atoms with E-state index in [1.54, 1.807) is 0 Å². The highest BCUT2D eigenvalue weighted by molar-refractivity contribution is 5.54. The smallest absolute Gasteiger partial charge is 0.0374 e. The maximum absolute atomic E-state index is 3.70. The minimum absolute atomic E-state index is 0.602. The van der Waals surface area contributed by atoms with Gasteiger partial charge in [0.2, 0.25) is 0 Å². The van der Waals surface area contributed by atoms with Gasteiger partial charge in [-0.25, -0.2) is 0 Å². The molecule has 0 aromatic heterocycles. The van der Waals surface area contributed by atoms with Crippen molar-refractivity contribution >= 4 is 5.69 Å². The maximum atomic E-state index is 3.70. The molecule has 1 aromatic rings. The molecule has 0 radical (unpaired) electrons. The highest BCUT2D eigenvalue weighted by Crippen LogP contribution is 2.22. The van der Waals surface area contributed by atoms with E-state index in [2.05, 4.69) is 58.1 Å². The highest BCUT2D eigenvalue weighted by Gasteiger charge is 2.11. The van der Waals surface area contributed by atoms with Crippen LogP contribution in [-0.4, -0.2) is 6.04 Å². The molecule has 2 atom stereocenters. The summed E-state index contributed by atoms with van der Waals surface area (Å²) in [6, 6.07) is 7.11. The number of nitrogens with one attached hydrogen (secondary N) is 1. The molecule has 0 aliphatic heterocycles. The molecular weight excluding hydrogens is 206 g/mol. The molecule has 0 spiro atoms. The molecule has 2 unspecified atom stereocenters. The molecule has 1 rings (SSSR count). The Balaban J connectivity index is 2.70. The largest absolute Gasteiger partial charge is 0.382 e. The predicted octanol–water partition coefficient (Wildman–Crippen LogP) is 4.93. The quantitative estimate of drug-likeness (QED) is 0.734. The first-order valence-corrected chi connectivity index (χ1v) is 6.91. The van der Waals surface area contributed by atoms with Crippen LogP contribution in [0.4, 0.5) is 5.69 Å². The van der Waals surface area contributed by atoms with Crippen LogP contribution in [0.15, 0.2) is 18.2 Å². The second-order valence-electron chi connectivity index (χ2n) is 5.25. The summed E-state index contributed by atoms with van der Waals surface area (Å²) >= 11 is 0. The van der Waals surface area contributed by atoms with Gasteiger partial charge in [0.05, 0.1) is 0 Å². The molecule has 96 valence electrons. The van der Waals surface area contributed by atoms with Gasteiger partial charge in [0.15, 0.2) is 0 Å². The van der Waals surface area contributed by atoms with Gasteiger partial charge in [-0.2, -0.15) is 0 Å². The number of anilines is 1. The van der Waals surface area contributed by atoms with Gasteiger partial charge >= 0.3 is 0 Å². The van der Waals surface area contributed by atoms with Gasteiger partial charge in [-0.3, -0.25) is 0 Å². The van der Waals surface area contributed by atoms with E-state index in [4.69, 9.17) is 0 Å². The van der Waals surface area contributed by atoms with Crippen LogP contribution in [0.25, 0.3) is 0 Å². The van der Waals surface area contributed by atoms with Crippen molar-refractivity contribution < 1.29 is 0 Å². The summed E-state index contributed by atoms with van der Waals surface area (Å²) in [5, 5.41) is 3.70. The van der Waals surface area contributed by atoms with Gasteiger partial charge < -0.3 is 5.32 Å². The van der Waals surface area contributed by atoms with Crippen LogP contribution in [0.5, 0.6) is 0 Å². The highest BCUT2D eigenvalue weighted by atomic mass is 14.9. The first-order valence-electron chi connectivity index (χ1n) is 6.91. The summed E-state index contributed by atoms with van der Waals surface area (Å²) in [6.07, 6.45) is 3.73. The van der Waals surface area contributed by atoms with Gasteiger partial charge in [0, 0.05) is 11.7 Å². The second-order valence-corrected chi connectivity index (χ2v) is 5.25. The Kier molecular flexibility index (Phi) is 5.54. The Morgan fingerprint density at radius 3 is 2.41 bits per heavy atom. The monoisotopic (exact) mass is 233 g/mol. The van der Waals surface area contributed by atoms with Gasteiger partial charge in [-0.15, -0.1) is 0 Å². The van der Waals surface area contributed by atoms with E-state index in [0.29, 0.717) is 6.04 Å². The number of hydrogen-bond donors (Lipinski definition) is 1. The third-order valence-electron chi connectivity index (χ3n) is 3.84. The first kappa shape index (κ1) is 14.1. The third-order valence-corrected chi connectivity index (χ3v) is 3.84. The Morgan fingerprint density at radius 2 is 1.82 bits per heavy atom. The fourth-order valence-electron chi connectivity index (χ4n) is 2.11. The normalized spacial score (nSPS) is 14.4. The molecule has 0 saturated heterocycles. The summed E-state index contributed by atoms with van der Waals surface area (Å²) in [7, 11) is 0. The van der Waals surface area contributed by atoms with E-state index in [9.17, 15) is 0 Å². The van der Waals surface area contributed by atoms with E-state index in [1.807, 2.05) is 0 Å². The third kappa shape index (κ3) is 4.07. The summed E-state index contributed by atoms with van der Waals surface area (Å²) in [4.78, 5) is 0. The van der Waals surface area contributed by atoms with Crippen molar-refractivity contribution in [2.45, 2.75) is 59.9 Å². The van der Waals surface area contributed by atoms with Crippen molar-refractivity contribution in [3.63, 3.8) is 0 Å². The van der Waals surface area contributed by atoms with Crippen LogP contribution in [0.1, 0.15) is 51.2 Å². The Hall–Kier alpha value is -0.980. The molecule has 17 heavy (non-hydrogen) atoms. The summed E-state index contributed by atoms with van der Waals surface area (Å²) in [5.74, 6) is 0.803. The molecule has 1 heteroatoms. The van der Waals surface area contributed by atoms with Crippen LogP contribution in [0, 0.1) is 19.8 Å². The number of hydrogen-bond acceptors (Lipinski definition) is 1. The molecule has 0 amide bonds. The molecule has 1 aromatic carbocycles. The lowest BCUT2D eigenvalue weighted by atomic mass is 9.97. The average molecular weight is 233 g/mol. The predicted molar refractivity (Wildman–Crippen MR) is 77.7 cm³/mol. The van der Waals surface area contributed by atoms with Crippen molar-refractivity contribution in [3.05, 3.63) is 29.3 Å². The van der Waals surface area contributed by atoms with Crippen LogP contribution < -0.4 is 5.32 Å². The van der Waals surface area contributed by atoms with Crippen molar-refractivity contribution in [3.8, 4) is 0 Å². The van der Waals surface area contributed by atoms with Gasteiger partial charge in [0.25, 0.3) is 0 Å². The fraction of sp³-hybridized carbons (Fsp3) is 0.625. The summed E-state index contributed by atoms with van der Waals surface area (Å²) in [6.45, 7) is 11.3. The number of aryl methyl sites for hydroxylation is 1. The zero-order valence-electron chi connectivity index (χ0n) is 12.0. The second kappa shape index (κ2) is 6.68. The molecule has 1 nitrogen and oxygen atoms in total. The molecule has 0 fully saturated rings. The maximum Gasteiger partial charge on any atom is 0.0374 e. The Morgan fingerprint density at radius 1 is 1.12 bits per heavy atom. The molecular formula is C16H27N. The molecule has 0 saturated carbocycles. The van der Waals surface area contributed by atoms with E-state index in [-0.39, 0.29) is 0 Å². The lowest BCUT2D eigenvalue weighted by Crippen LogP contribution is -2.21. The minimum Gasteiger partial charge on any atom is -0.382 e. The van der Waals surface area contributed by atoms with E-state index in [1.165, 1.54) is 36.1 Å². The lowest BCUT2D eigenvalue weighted by Gasteiger charge is -2.23.